The van der Waals surface area contributed by atoms with Gasteiger partial charge in [0.2, 0.25) is 0 Å². The molecule has 0 bridgehead atoms. The number of aromatic nitrogens is 3. The molecule has 24 heavy (non-hydrogen) atoms. The Hall–Kier alpha value is -1.91. The third-order valence-electron chi connectivity index (χ3n) is 5.43. The Balaban J connectivity index is 1.63. The number of pyridine rings is 1. The molecule has 4 nitrogen and oxygen atoms in total. The minimum absolute atomic E-state index is 0.0762. The first kappa shape index (κ1) is 14.4. The van der Waals surface area contributed by atoms with Gasteiger partial charge in [0.15, 0.2) is 5.65 Å². The molecule has 0 saturated heterocycles. The summed E-state index contributed by atoms with van der Waals surface area (Å²) in [4.78, 5) is 0. The van der Waals surface area contributed by atoms with Gasteiger partial charge in [-0.25, -0.2) is 0 Å². The quantitative estimate of drug-likeness (QED) is 0.784. The Morgan fingerprint density at radius 3 is 2.54 bits per heavy atom. The molecule has 2 aliphatic carbocycles. The predicted octanol–water partition coefficient (Wildman–Crippen LogP) is 3.91. The summed E-state index contributed by atoms with van der Waals surface area (Å²) >= 11 is 6.03. The smallest absolute Gasteiger partial charge is 0.166 e. The van der Waals surface area contributed by atoms with Crippen LogP contribution >= 0.6 is 11.6 Å². The lowest BCUT2D eigenvalue weighted by Crippen LogP contribution is -2.13. The third kappa shape index (κ3) is 2.10. The molecule has 0 amide bonds. The number of rotatable bonds is 4. The van der Waals surface area contributed by atoms with E-state index in [0.717, 1.165) is 47.7 Å². The first-order chi connectivity index (χ1) is 11.7. The van der Waals surface area contributed by atoms with E-state index in [9.17, 15) is 5.11 Å². The zero-order valence-electron chi connectivity index (χ0n) is 13.2. The Kier molecular flexibility index (Phi) is 3.03. The molecular weight excluding hydrogens is 322 g/mol. The van der Waals surface area contributed by atoms with Crippen molar-refractivity contribution >= 4 is 17.2 Å². The summed E-state index contributed by atoms with van der Waals surface area (Å²) in [5.74, 6) is 1.34. The minimum atomic E-state index is -0.434. The normalized spacial score (nSPS) is 20.2. The van der Waals surface area contributed by atoms with Crippen molar-refractivity contribution < 1.29 is 5.11 Å². The first-order valence-corrected chi connectivity index (χ1v) is 8.85. The molecule has 2 heterocycles. The standard InChI is InChI=1S/C19H18ClN3O/c20-14-7-5-13(6-8-14)19(9-10-19)18-22-21-17-15(2-1-11-23(17)18)16(24)12-3-4-12/h1-2,5-8,11-12,16,24H,3-4,9-10H2. The van der Waals surface area contributed by atoms with Crippen LogP contribution in [0.3, 0.4) is 0 Å². The molecule has 0 radical (unpaired) electrons. The molecule has 1 N–H and O–H groups in total. The third-order valence-corrected chi connectivity index (χ3v) is 5.68. The van der Waals surface area contributed by atoms with E-state index in [1.54, 1.807) is 0 Å². The second kappa shape index (κ2) is 5.04. The maximum absolute atomic E-state index is 10.5. The molecule has 1 unspecified atom stereocenters. The van der Waals surface area contributed by atoms with E-state index in [0.29, 0.717) is 5.92 Å². The van der Waals surface area contributed by atoms with Crippen molar-refractivity contribution in [2.24, 2.45) is 5.92 Å². The Morgan fingerprint density at radius 2 is 1.88 bits per heavy atom. The van der Waals surface area contributed by atoms with Gasteiger partial charge >= 0.3 is 0 Å². The van der Waals surface area contributed by atoms with Gasteiger partial charge < -0.3 is 5.11 Å². The number of aliphatic hydroxyl groups excluding tert-OH is 1. The minimum Gasteiger partial charge on any atom is -0.388 e. The molecule has 3 aromatic rings. The zero-order chi connectivity index (χ0) is 16.3. The Morgan fingerprint density at radius 1 is 1.12 bits per heavy atom. The van der Waals surface area contributed by atoms with E-state index >= 15 is 0 Å². The molecule has 2 aromatic heterocycles. The van der Waals surface area contributed by atoms with Crippen LogP contribution in [0, 0.1) is 5.92 Å². The average Bonchev–Trinajstić information content (AvgIpc) is 3.52. The van der Waals surface area contributed by atoms with Gasteiger partial charge in [0.25, 0.3) is 0 Å². The predicted molar refractivity (Wildman–Crippen MR) is 92.1 cm³/mol. The van der Waals surface area contributed by atoms with Crippen molar-refractivity contribution in [3.05, 3.63) is 64.6 Å². The van der Waals surface area contributed by atoms with E-state index < -0.39 is 6.10 Å². The molecule has 122 valence electrons. The molecule has 2 aliphatic rings. The summed E-state index contributed by atoms with van der Waals surface area (Å²) in [5.41, 5.74) is 2.83. The summed E-state index contributed by atoms with van der Waals surface area (Å²) < 4.78 is 2.06. The van der Waals surface area contributed by atoms with Gasteiger partial charge in [0.05, 0.1) is 11.5 Å². The summed E-state index contributed by atoms with van der Waals surface area (Å²) in [6, 6.07) is 12.0. The van der Waals surface area contributed by atoms with Crippen molar-refractivity contribution in [1.82, 2.24) is 14.6 Å². The molecular formula is C19H18ClN3O. The number of benzene rings is 1. The molecule has 0 aliphatic heterocycles. The molecule has 1 aromatic carbocycles. The number of hydrogen-bond donors (Lipinski definition) is 1. The van der Waals surface area contributed by atoms with E-state index in [1.807, 2.05) is 30.5 Å². The fourth-order valence-corrected chi connectivity index (χ4v) is 3.82. The van der Waals surface area contributed by atoms with Gasteiger partial charge in [-0.2, -0.15) is 0 Å². The average molecular weight is 340 g/mol. The molecule has 1 atom stereocenters. The van der Waals surface area contributed by atoms with Gasteiger partial charge in [0, 0.05) is 16.8 Å². The topological polar surface area (TPSA) is 50.4 Å². The van der Waals surface area contributed by atoms with Crippen LogP contribution in [0.25, 0.3) is 5.65 Å². The first-order valence-electron chi connectivity index (χ1n) is 8.47. The number of fused-ring (bicyclic) bond motifs is 1. The fourth-order valence-electron chi connectivity index (χ4n) is 3.70. The van der Waals surface area contributed by atoms with E-state index in [2.05, 4.69) is 26.7 Å². The van der Waals surface area contributed by atoms with Crippen LogP contribution in [-0.4, -0.2) is 19.7 Å². The molecule has 5 heteroatoms. The monoisotopic (exact) mass is 339 g/mol. The van der Waals surface area contributed by atoms with E-state index in [4.69, 9.17) is 11.6 Å². The highest BCUT2D eigenvalue weighted by Gasteiger charge is 2.49. The second-order valence-electron chi connectivity index (χ2n) is 7.05. The van der Waals surface area contributed by atoms with Gasteiger partial charge in [-0.15, -0.1) is 10.2 Å². The van der Waals surface area contributed by atoms with Crippen molar-refractivity contribution in [2.75, 3.05) is 0 Å². The lowest BCUT2D eigenvalue weighted by atomic mass is 9.95. The Bertz CT molecular complexity index is 910. The summed E-state index contributed by atoms with van der Waals surface area (Å²) in [6.45, 7) is 0. The summed E-state index contributed by atoms with van der Waals surface area (Å²) in [7, 11) is 0. The van der Waals surface area contributed by atoms with Crippen molar-refractivity contribution in [2.45, 2.75) is 37.2 Å². The number of hydrogen-bond acceptors (Lipinski definition) is 3. The van der Waals surface area contributed by atoms with Crippen LogP contribution in [0.4, 0.5) is 0 Å². The van der Waals surface area contributed by atoms with Crippen LogP contribution in [0.5, 0.6) is 0 Å². The lowest BCUT2D eigenvalue weighted by molar-refractivity contribution is 0.154. The maximum Gasteiger partial charge on any atom is 0.166 e. The Labute approximate surface area is 145 Å². The molecule has 2 fully saturated rings. The van der Waals surface area contributed by atoms with Gasteiger partial charge in [-0.05, 0) is 55.4 Å². The van der Waals surface area contributed by atoms with Crippen molar-refractivity contribution in [3.8, 4) is 0 Å². The largest absolute Gasteiger partial charge is 0.388 e. The van der Waals surface area contributed by atoms with Crippen molar-refractivity contribution in [1.29, 1.82) is 0 Å². The highest BCUT2D eigenvalue weighted by Crippen LogP contribution is 2.53. The number of aliphatic hydroxyl groups is 1. The highest BCUT2D eigenvalue weighted by molar-refractivity contribution is 6.30. The molecule has 2 saturated carbocycles. The maximum atomic E-state index is 10.5. The molecule has 5 rings (SSSR count). The SMILES string of the molecule is OC(c1cccn2c(C3(c4ccc(Cl)cc4)CC3)nnc12)C1CC1. The number of halogens is 1. The zero-order valence-corrected chi connectivity index (χ0v) is 13.9. The van der Waals surface area contributed by atoms with Crippen LogP contribution in [0.2, 0.25) is 5.02 Å². The summed E-state index contributed by atoms with van der Waals surface area (Å²) in [5, 5.41) is 20.2. The fraction of sp³-hybridized carbons (Fsp3) is 0.368. The number of nitrogens with zero attached hydrogens (tertiary/aromatic N) is 3. The van der Waals surface area contributed by atoms with Crippen LogP contribution in [0.15, 0.2) is 42.6 Å². The second-order valence-corrected chi connectivity index (χ2v) is 7.49. The van der Waals surface area contributed by atoms with E-state index in [1.165, 1.54) is 5.56 Å². The van der Waals surface area contributed by atoms with Crippen LogP contribution < -0.4 is 0 Å². The van der Waals surface area contributed by atoms with Crippen LogP contribution in [0.1, 0.15) is 48.7 Å². The van der Waals surface area contributed by atoms with Crippen LogP contribution in [-0.2, 0) is 5.41 Å². The molecule has 0 spiro atoms. The van der Waals surface area contributed by atoms with Gasteiger partial charge in [0.1, 0.15) is 5.82 Å². The van der Waals surface area contributed by atoms with Crippen molar-refractivity contribution in [3.63, 3.8) is 0 Å². The van der Waals surface area contributed by atoms with Gasteiger partial charge in [-0.1, -0.05) is 29.8 Å². The van der Waals surface area contributed by atoms with Gasteiger partial charge in [-0.3, -0.25) is 4.40 Å². The summed E-state index contributed by atoms with van der Waals surface area (Å²) in [6.07, 6.45) is 5.88. The van der Waals surface area contributed by atoms with E-state index in [-0.39, 0.29) is 5.41 Å². The highest BCUT2D eigenvalue weighted by atomic mass is 35.5. The lowest BCUT2D eigenvalue weighted by Gasteiger charge is -2.15.